The molecule has 4 atom stereocenters. The van der Waals surface area contributed by atoms with Crippen LogP contribution in [0.15, 0.2) is 17.5 Å². The van der Waals surface area contributed by atoms with Gasteiger partial charge in [0.2, 0.25) is 5.91 Å². The van der Waals surface area contributed by atoms with Crippen LogP contribution in [0.1, 0.15) is 69.6 Å². The summed E-state index contributed by atoms with van der Waals surface area (Å²) in [5, 5.41) is 2.19. The average molecular weight is 375 g/mol. The van der Waals surface area contributed by atoms with Gasteiger partial charge in [-0.05, 0) is 75.3 Å². The summed E-state index contributed by atoms with van der Waals surface area (Å²) < 4.78 is 0. The van der Waals surface area contributed by atoms with Crippen molar-refractivity contribution in [3.8, 4) is 0 Å². The average Bonchev–Trinajstić information content (AvgIpc) is 3.25. The fraction of sp³-hybridized carbons (Fsp3) is 0.773. The van der Waals surface area contributed by atoms with Crippen LogP contribution in [0.4, 0.5) is 0 Å². The van der Waals surface area contributed by atoms with Crippen molar-refractivity contribution in [2.45, 2.75) is 82.8 Å². The summed E-state index contributed by atoms with van der Waals surface area (Å²) in [6.07, 6.45) is 10.7. The number of hydrogen-bond acceptors (Lipinski definition) is 3. The SMILES string of the molecule is CCC[C@H]1[C@@H](N(C)Cc2cccs2)CC[C@@]23CCCN2C(=O)CCC[C@@H]13. The number of thiophene rings is 1. The Kier molecular flexibility index (Phi) is 5.43. The number of carbonyl (C=O) groups is 1. The van der Waals surface area contributed by atoms with Crippen molar-refractivity contribution in [3.63, 3.8) is 0 Å². The highest BCUT2D eigenvalue weighted by Crippen LogP contribution is 2.53. The first-order valence-corrected chi connectivity index (χ1v) is 11.6. The van der Waals surface area contributed by atoms with Crippen LogP contribution < -0.4 is 0 Å². The standard InChI is InChI=1S/C22H34N2OS/c1-3-7-18-19-9-4-10-21(25)24-14-6-12-22(19,24)13-11-20(18)23(2)16-17-8-5-15-26-17/h5,8,15,18-20H,3-4,6-7,9-14,16H2,1-2H3/t18-,19+,20+,22-/m1/s1. The van der Waals surface area contributed by atoms with Gasteiger partial charge >= 0.3 is 0 Å². The second-order valence-corrected chi connectivity index (χ2v) is 9.84. The van der Waals surface area contributed by atoms with Gasteiger partial charge in [-0.25, -0.2) is 0 Å². The molecule has 3 aliphatic rings. The number of nitrogens with zero attached hydrogens (tertiary/aromatic N) is 2. The van der Waals surface area contributed by atoms with Crippen LogP contribution in [-0.4, -0.2) is 40.9 Å². The van der Waals surface area contributed by atoms with E-state index in [1.807, 2.05) is 11.3 Å². The van der Waals surface area contributed by atoms with E-state index >= 15 is 0 Å². The highest BCUT2D eigenvalue weighted by atomic mass is 32.1. The van der Waals surface area contributed by atoms with Gasteiger partial charge in [-0.15, -0.1) is 11.3 Å². The molecule has 3 nitrogen and oxygen atoms in total. The number of carbonyl (C=O) groups excluding carboxylic acids is 1. The summed E-state index contributed by atoms with van der Waals surface area (Å²) in [7, 11) is 2.33. The second-order valence-electron chi connectivity index (χ2n) is 8.80. The molecular weight excluding hydrogens is 340 g/mol. The van der Waals surface area contributed by atoms with E-state index in [1.165, 1.54) is 49.8 Å². The van der Waals surface area contributed by atoms with Crippen LogP contribution >= 0.6 is 11.3 Å². The molecule has 1 amide bonds. The van der Waals surface area contributed by atoms with E-state index in [1.54, 1.807) is 0 Å². The molecule has 1 spiro atoms. The lowest BCUT2D eigenvalue weighted by Crippen LogP contribution is -2.60. The van der Waals surface area contributed by atoms with Crippen molar-refractivity contribution in [2.24, 2.45) is 11.8 Å². The Morgan fingerprint density at radius 2 is 2.19 bits per heavy atom. The molecule has 3 fully saturated rings. The van der Waals surface area contributed by atoms with Gasteiger partial charge in [0.25, 0.3) is 0 Å². The van der Waals surface area contributed by atoms with Gasteiger partial charge in [0.15, 0.2) is 0 Å². The highest BCUT2D eigenvalue weighted by molar-refractivity contribution is 7.09. The van der Waals surface area contributed by atoms with E-state index in [0.717, 1.165) is 31.8 Å². The zero-order valence-corrected chi connectivity index (χ0v) is 17.3. The van der Waals surface area contributed by atoms with Gasteiger partial charge in [-0.2, -0.15) is 0 Å². The van der Waals surface area contributed by atoms with Crippen molar-refractivity contribution in [1.29, 1.82) is 0 Å². The molecule has 144 valence electrons. The minimum Gasteiger partial charge on any atom is -0.337 e. The van der Waals surface area contributed by atoms with E-state index in [4.69, 9.17) is 0 Å². The normalized spacial score (nSPS) is 34.7. The van der Waals surface area contributed by atoms with Gasteiger partial charge in [0.1, 0.15) is 0 Å². The van der Waals surface area contributed by atoms with Crippen LogP contribution in [0, 0.1) is 11.8 Å². The van der Waals surface area contributed by atoms with Gasteiger partial charge in [-0.3, -0.25) is 9.69 Å². The summed E-state index contributed by atoms with van der Waals surface area (Å²) in [5.74, 6) is 1.90. The first-order valence-electron chi connectivity index (χ1n) is 10.7. The minimum atomic E-state index is 0.202. The molecular formula is C22H34N2OS. The molecule has 1 aliphatic carbocycles. The molecule has 4 rings (SSSR count). The molecule has 0 N–H and O–H groups in total. The van der Waals surface area contributed by atoms with Crippen molar-refractivity contribution >= 4 is 17.2 Å². The Labute approximate surface area is 162 Å². The summed E-state index contributed by atoms with van der Waals surface area (Å²) in [5.41, 5.74) is 0.202. The predicted octanol–water partition coefficient (Wildman–Crippen LogP) is 4.92. The fourth-order valence-electron chi connectivity index (χ4n) is 6.51. The Bertz CT molecular complexity index is 616. The van der Waals surface area contributed by atoms with Crippen LogP contribution in [0.3, 0.4) is 0 Å². The van der Waals surface area contributed by atoms with Crippen LogP contribution in [0.25, 0.3) is 0 Å². The van der Waals surface area contributed by atoms with Gasteiger partial charge in [-0.1, -0.05) is 19.4 Å². The molecule has 3 heterocycles. The first kappa shape index (κ1) is 18.5. The third-order valence-electron chi connectivity index (χ3n) is 7.48. The van der Waals surface area contributed by atoms with Crippen LogP contribution in [0.5, 0.6) is 0 Å². The molecule has 1 aromatic heterocycles. The lowest BCUT2D eigenvalue weighted by atomic mass is 9.61. The molecule has 4 heteroatoms. The summed E-state index contributed by atoms with van der Waals surface area (Å²) in [6, 6.07) is 5.10. The number of rotatable bonds is 5. The van der Waals surface area contributed by atoms with E-state index < -0.39 is 0 Å². The van der Waals surface area contributed by atoms with Crippen molar-refractivity contribution < 1.29 is 4.79 Å². The lowest BCUT2D eigenvalue weighted by molar-refractivity contribution is -0.139. The minimum absolute atomic E-state index is 0.202. The Hall–Kier alpha value is -0.870. The Morgan fingerprint density at radius 1 is 1.31 bits per heavy atom. The largest absolute Gasteiger partial charge is 0.337 e. The predicted molar refractivity (Wildman–Crippen MR) is 108 cm³/mol. The van der Waals surface area contributed by atoms with Gasteiger partial charge < -0.3 is 4.90 Å². The second kappa shape index (κ2) is 7.63. The Balaban J connectivity index is 1.60. The molecule has 2 saturated heterocycles. The lowest BCUT2D eigenvalue weighted by Gasteiger charge is -2.54. The molecule has 0 unspecified atom stereocenters. The molecule has 0 radical (unpaired) electrons. The third-order valence-corrected chi connectivity index (χ3v) is 8.34. The third kappa shape index (κ3) is 3.13. The maximum atomic E-state index is 12.8. The molecule has 2 aliphatic heterocycles. The number of hydrogen-bond donors (Lipinski definition) is 0. The Morgan fingerprint density at radius 3 is 2.96 bits per heavy atom. The van der Waals surface area contributed by atoms with Crippen molar-refractivity contribution in [3.05, 3.63) is 22.4 Å². The smallest absolute Gasteiger partial charge is 0.223 e. The summed E-state index contributed by atoms with van der Waals surface area (Å²) in [6.45, 7) is 4.43. The van der Waals surface area contributed by atoms with Crippen molar-refractivity contribution in [1.82, 2.24) is 9.80 Å². The van der Waals surface area contributed by atoms with Crippen LogP contribution in [-0.2, 0) is 11.3 Å². The van der Waals surface area contributed by atoms with E-state index in [9.17, 15) is 4.79 Å². The first-order chi connectivity index (χ1) is 12.7. The molecule has 1 aromatic rings. The topological polar surface area (TPSA) is 23.6 Å². The highest BCUT2D eigenvalue weighted by Gasteiger charge is 2.56. The van der Waals surface area contributed by atoms with E-state index in [-0.39, 0.29) is 5.54 Å². The molecule has 0 bridgehead atoms. The van der Waals surface area contributed by atoms with Gasteiger partial charge in [0, 0.05) is 36.0 Å². The molecule has 26 heavy (non-hydrogen) atoms. The monoisotopic (exact) mass is 374 g/mol. The van der Waals surface area contributed by atoms with E-state index in [0.29, 0.717) is 17.9 Å². The van der Waals surface area contributed by atoms with Gasteiger partial charge in [0.05, 0.1) is 0 Å². The summed E-state index contributed by atoms with van der Waals surface area (Å²) >= 11 is 1.88. The zero-order valence-electron chi connectivity index (χ0n) is 16.5. The quantitative estimate of drug-likeness (QED) is 0.730. The zero-order chi connectivity index (χ0) is 18.1. The van der Waals surface area contributed by atoms with E-state index in [2.05, 4.69) is 41.3 Å². The summed E-state index contributed by atoms with van der Waals surface area (Å²) in [4.78, 5) is 19.2. The van der Waals surface area contributed by atoms with Crippen LogP contribution in [0.2, 0.25) is 0 Å². The van der Waals surface area contributed by atoms with Crippen molar-refractivity contribution in [2.75, 3.05) is 13.6 Å². The molecule has 0 aromatic carbocycles. The number of amides is 1. The maximum absolute atomic E-state index is 12.8. The molecule has 1 saturated carbocycles. The fourth-order valence-corrected chi connectivity index (χ4v) is 7.28. The maximum Gasteiger partial charge on any atom is 0.223 e.